The van der Waals surface area contributed by atoms with Gasteiger partial charge in [0.15, 0.2) is 5.79 Å². The van der Waals surface area contributed by atoms with E-state index in [4.69, 9.17) is 9.47 Å². The molecule has 1 heterocycles. The standard InChI is InChI=1S/C11H20O2/c1-3-10(2)8-12-11(13-9-10)6-4-5-7-11/h3-9H2,1-2H3. The van der Waals surface area contributed by atoms with Crippen LogP contribution in [0.1, 0.15) is 46.0 Å². The van der Waals surface area contributed by atoms with Crippen LogP contribution in [-0.2, 0) is 9.47 Å². The van der Waals surface area contributed by atoms with Crippen molar-refractivity contribution in [3.63, 3.8) is 0 Å². The molecule has 1 spiro atoms. The van der Waals surface area contributed by atoms with Crippen molar-refractivity contribution in [2.45, 2.75) is 51.7 Å². The highest BCUT2D eigenvalue weighted by molar-refractivity contribution is 4.85. The van der Waals surface area contributed by atoms with Gasteiger partial charge in [-0.15, -0.1) is 0 Å². The van der Waals surface area contributed by atoms with Crippen LogP contribution >= 0.6 is 0 Å². The first kappa shape index (κ1) is 9.47. The Balaban J connectivity index is 1.95. The maximum Gasteiger partial charge on any atom is 0.168 e. The summed E-state index contributed by atoms with van der Waals surface area (Å²) in [5.74, 6) is -0.172. The number of hydrogen-bond acceptors (Lipinski definition) is 2. The second-order valence-corrected chi connectivity index (χ2v) is 4.86. The van der Waals surface area contributed by atoms with Crippen LogP contribution in [0.15, 0.2) is 0 Å². The Morgan fingerprint density at radius 3 is 2.08 bits per heavy atom. The monoisotopic (exact) mass is 184 g/mol. The molecule has 0 atom stereocenters. The molecular weight excluding hydrogens is 164 g/mol. The molecule has 2 fully saturated rings. The van der Waals surface area contributed by atoms with Gasteiger partial charge in [-0.2, -0.15) is 0 Å². The van der Waals surface area contributed by atoms with E-state index in [1.54, 1.807) is 0 Å². The van der Waals surface area contributed by atoms with Crippen molar-refractivity contribution in [3.05, 3.63) is 0 Å². The molecule has 0 bridgehead atoms. The highest BCUT2D eigenvalue weighted by Gasteiger charge is 2.43. The first-order valence-electron chi connectivity index (χ1n) is 5.46. The largest absolute Gasteiger partial charge is 0.349 e. The smallest absolute Gasteiger partial charge is 0.168 e. The van der Waals surface area contributed by atoms with Crippen molar-refractivity contribution in [3.8, 4) is 0 Å². The van der Waals surface area contributed by atoms with E-state index in [1.165, 1.54) is 12.8 Å². The van der Waals surface area contributed by atoms with E-state index in [9.17, 15) is 0 Å². The fourth-order valence-corrected chi connectivity index (χ4v) is 2.10. The second-order valence-electron chi connectivity index (χ2n) is 4.86. The molecule has 1 saturated carbocycles. The topological polar surface area (TPSA) is 18.5 Å². The zero-order valence-corrected chi connectivity index (χ0v) is 8.77. The van der Waals surface area contributed by atoms with Crippen LogP contribution < -0.4 is 0 Å². The van der Waals surface area contributed by atoms with Gasteiger partial charge in [0, 0.05) is 18.3 Å². The van der Waals surface area contributed by atoms with Gasteiger partial charge in [0.1, 0.15) is 0 Å². The quantitative estimate of drug-likeness (QED) is 0.624. The van der Waals surface area contributed by atoms with Gasteiger partial charge in [0.25, 0.3) is 0 Å². The summed E-state index contributed by atoms with van der Waals surface area (Å²) in [7, 11) is 0. The van der Waals surface area contributed by atoms with Crippen molar-refractivity contribution < 1.29 is 9.47 Å². The molecule has 2 rings (SSSR count). The van der Waals surface area contributed by atoms with Crippen LogP contribution in [0.25, 0.3) is 0 Å². The van der Waals surface area contributed by atoms with E-state index in [-0.39, 0.29) is 11.2 Å². The lowest BCUT2D eigenvalue weighted by atomic mass is 9.88. The Morgan fingerprint density at radius 2 is 1.62 bits per heavy atom. The Morgan fingerprint density at radius 1 is 1.08 bits per heavy atom. The highest BCUT2D eigenvalue weighted by atomic mass is 16.7. The molecular formula is C11H20O2. The zero-order chi connectivity index (χ0) is 9.36. The van der Waals surface area contributed by atoms with Crippen molar-refractivity contribution in [2.24, 2.45) is 5.41 Å². The van der Waals surface area contributed by atoms with Gasteiger partial charge in [0.2, 0.25) is 0 Å². The molecule has 0 radical (unpaired) electrons. The second kappa shape index (κ2) is 3.25. The van der Waals surface area contributed by atoms with E-state index >= 15 is 0 Å². The molecule has 1 aliphatic carbocycles. The third-order valence-electron chi connectivity index (χ3n) is 3.59. The summed E-state index contributed by atoms with van der Waals surface area (Å²) in [5.41, 5.74) is 0.258. The van der Waals surface area contributed by atoms with E-state index in [2.05, 4.69) is 13.8 Å². The summed E-state index contributed by atoms with van der Waals surface area (Å²) in [4.78, 5) is 0. The predicted molar refractivity (Wildman–Crippen MR) is 51.5 cm³/mol. The lowest BCUT2D eigenvalue weighted by Crippen LogP contribution is -2.46. The third kappa shape index (κ3) is 1.75. The highest BCUT2D eigenvalue weighted by Crippen LogP contribution is 2.41. The molecule has 0 N–H and O–H groups in total. The van der Waals surface area contributed by atoms with Crippen molar-refractivity contribution >= 4 is 0 Å². The summed E-state index contributed by atoms with van der Waals surface area (Å²) >= 11 is 0. The van der Waals surface area contributed by atoms with Crippen LogP contribution in [0, 0.1) is 5.41 Å². The Bertz CT molecular complexity index is 173. The maximum absolute atomic E-state index is 5.91. The summed E-state index contributed by atoms with van der Waals surface area (Å²) in [6, 6.07) is 0. The Labute approximate surface area is 80.6 Å². The summed E-state index contributed by atoms with van der Waals surface area (Å²) in [6.45, 7) is 6.21. The minimum atomic E-state index is -0.172. The van der Waals surface area contributed by atoms with Gasteiger partial charge < -0.3 is 9.47 Å². The van der Waals surface area contributed by atoms with Crippen LogP contribution in [0.2, 0.25) is 0 Å². The molecule has 76 valence electrons. The number of rotatable bonds is 1. The van der Waals surface area contributed by atoms with Gasteiger partial charge in [-0.05, 0) is 19.3 Å². The lowest BCUT2D eigenvalue weighted by molar-refractivity contribution is -0.297. The maximum atomic E-state index is 5.91. The van der Waals surface area contributed by atoms with Gasteiger partial charge in [-0.25, -0.2) is 0 Å². The first-order chi connectivity index (χ1) is 6.18. The van der Waals surface area contributed by atoms with Crippen molar-refractivity contribution in [2.75, 3.05) is 13.2 Å². The van der Waals surface area contributed by atoms with Crippen LogP contribution in [0.4, 0.5) is 0 Å². The molecule has 2 nitrogen and oxygen atoms in total. The molecule has 1 aliphatic heterocycles. The molecule has 2 aliphatic rings. The molecule has 0 aromatic heterocycles. The van der Waals surface area contributed by atoms with Crippen LogP contribution in [0.3, 0.4) is 0 Å². The normalized spacial score (nSPS) is 30.9. The summed E-state index contributed by atoms with van der Waals surface area (Å²) < 4.78 is 11.8. The van der Waals surface area contributed by atoms with Crippen LogP contribution in [-0.4, -0.2) is 19.0 Å². The van der Waals surface area contributed by atoms with Gasteiger partial charge in [-0.3, -0.25) is 0 Å². The number of ether oxygens (including phenoxy) is 2. The fraction of sp³-hybridized carbons (Fsp3) is 1.00. The average molecular weight is 184 g/mol. The minimum Gasteiger partial charge on any atom is -0.349 e. The summed E-state index contributed by atoms with van der Waals surface area (Å²) in [5, 5.41) is 0. The Kier molecular flexibility index (Phi) is 2.37. The third-order valence-corrected chi connectivity index (χ3v) is 3.59. The van der Waals surface area contributed by atoms with E-state index < -0.39 is 0 Å². The average Bonchev–Trinajstić information content (AvgIpc) is 2.61. The van der Waals surface area contributed by atoms with E-state index in [0.717, 1.165) is 32.5 Å². The molecule has 2 heteroatoms. The van der Waals surface area contributed by atoms with Gasteiger partial charge in [0.05, 0.1) is 13.2 Å². The van der Waals surface area contributed by atoms with Crippen molar-refractivity contribution in [1.29, 1.82) is 0 Å². The zero-order valence-electron chi connectivity index (χ0n) is 8.77. The lowest BCUT2D eigenvalue weighted by Gasteiger charge is -2.42. The first-order valence-corrected chi connectivity index (χ1v) is 5.46. The van der Waals surface area contributed by atoms with E-state index in [1.807, 2.05) is 0 Å². The molecule has 0 aromatic carbocycles. The fourth-order valence-electron chi connectivity index (χ4n) is 2.10. The molecule has 0 aromatic rings. The molecule has 0 amide bonds. The minimum absolute atomic E-state index is 0.172. The Hall–Kier alpha value is -0.0800. The number of hydrogen-bond donors (Lipinski definition) is 0. The molecule has 0 unspecified atom stereocenters. The van der Waals surface area contributed by atoms with E-state index in [0.29, 0.717) is 0 Å². The predicted octanol–water partition coefficient (Wildman–Crippen LogP) is 2.72. The van der Waals surface area contributed by atoms with Crippen LogP contribution in [0.5, 0.6) is 0 Å². The van der Waals surface area contributed by atoms with Crippen molar-refractivity contribution in [1.82, 2.24) is 0 Å². The SMILES string of the molecule is CCC1(C)COC2(CCCC2)OC1. The van der Waals surface area contributed by atoms with Gasteiger partial charge in [-0.1, -0.05) is 13.8 Å². The molecule has 1 saturated heterocycles. The summed E-state index contributed by atoms with van der Waals surface area (Å²) in [6.07, 6.45) is 5.88. The molecule has 13 heavy (non-hydrogen) atoms. The van der Waals surface area contributed by atoms with Gasteiger partial charge >= 0.3 is 0 Å².